The Morgan fingerprint density at radius 3 is 2.50 bits per heavy atom. The normalized spacial score (nSPS) is 16.2. The van der Waals surface area contributed by atoms with E-state index in [0.717, 1.165) is 16.7 Å². The molecule has 5 heteroatoms. The zero-order valence-electron chi connectivity index (χ0n) is 14.1. The van der Waals surface area contributed by atoms with Crippen LogP contribution in [-0.4, -0.2) is 27.4 Å². The largest absolute Gasteiger partial charge is 0.387 e. The van der Waals surface area contributed by atoms with Crippen LogP contribution in [0.15, 0.2) is 71.5 Å². The van der Waals surface area contributed by atoms with Gasteiger partial charge in [-0.2, -0.15) is 0 Å². The van der Waals surface area contributed by atoms with Crippen LogP contribution in [0.2, 0.25) is 0 Å². The van der Waals surface area contributed by atoms with Crippen LogP contribution >= 0.6 is 0 Å². The Bertz CT molecular complexity index is 1010. The zero-order chi connectivity index (χ0) is 18.1. The molecule has 4 rings (SSSR count). The first kappa shape index (κ1) is 16.3. The minimum absolute atomic E-state index is 0.0799. The van der Waals surface area contributed by atoms with E-state index in [1.54, 1.807) is 12.1 Å². The Balaban J connectivity index is 1.62. The lowest BCUT2D eigenvalue weighted by Gasteiger charge is -2.32. The number of nitrogens with one attached hydrogen (secondary N) is 1. The summed E-state index contributed by atoms with van der Waals surface area (Å²) in [5.74, 6) is -0.376. The van der Waals surface area contributed by atoms with Gasteiger partial charge in [0.2, 0.25) is 0 Å². The third-order valence-electron chi connectivity index (χ3n) is 4.68. The number of aromatic amines is 1. The zero-order valence-corrected chi connectivity index (χ0v) is 14.1. The smallest absolute Gasteiger partial charge is 0.261 e. The average molecular weight is 346 g/mol. The second-order valence-corrected chi connectivity index (χ2v) is 6.38. The van der Waals surface area contributed by atoms with Crippen molar-refractivity contribution in [2.75, 3.05) is 6.54 Å². The van der Waals surface area contributed by atoms with Crippen molar-refractivity contribution in [1.29, 1.82) is 0 Å². The van der Waals surface area contributed by atoms with Crippen molar-refractivity contribution >= 4 is 5.91 Å². The van der Waals surface area contributed by atoms with Crippen LogP contribution in [0, 0.1) is 0 Å². The number of fused-ring (bicyclic) bond motifs is 1. The lowest BCUT2D eigenvalue weighted by Crippen LogP contribution is -2.40. The standard InChI is InChI=1S/C21H18N2O3/c24-19-13-23(12-15-8-4-5-9-16(15)19)21(26)17-10-11-18(22-20(17)25)14-6-2-1-3-7-14/h1-11,19,24H,12-13H2,(H,22,25)/t19-/m0/s1. The van der Waals surface area contributed by atoms with E-state index < -0.39 is 11.7 Å². The number of β-amino-alcohol motifs (C(OH)–C–C–N with tert-alkyl or cyclic N) is 1. The topological polar surface area (TPSA) is 73.4 Å². The number of benzene rings is 2. The van der Waals surface area contributed by atoms with Crippen molar-refractivity contribution in [1.82, 2.24) is 9.88 Å². The molecule has 0 radical (unpaired) electrons. The molecule has 0 saturated carbocycles. The molecule has 1 aliphatic heterocycles. The van der Waals surface area contributed by atoms with Crippen molar-refractivity contribution in [3.63, 3.8) is 0 Å². The van der Waals surface area contributed by atoms with Crippen LogP contribution < -0.4 is 5.56 Å². The summed E-state index contributed by atoms with van der Waals surface area (Å²) in [6.07, 6.45) is -0.744. The molecule has 26 heavy (non-hydrogen) atoms. The SMILES string of the molecule is O=C(c1ccc(-c2ccccc2)[nH]c1=O)N1Cc2ccccc2[C@@H](O)C1. The van der Waals surface area contributed by atoms with Gasteiger partial charge >= 0.3 is 0 Å². The van der Waals surface area contributed by atoms with E-state index >= 15 is 0 Å². The van der Waals surface area contributed by atoms with Crippen LogP contribution in [0.1, 0.15) is 27.6 Å². The molecule has 0 bridgehead atoms. The summed E-state index contributed by atoms with van der Waals surface area (Å²) in [6.45, 7) is 0.557. The van der Waals surface area contributed by atoms with E-state index in [-0.39, 0.29) is 18.0 Å². The summed E-state index contributed by atoms with van der Waals surface area (Å²) < 4.78 is 0. The number of nitrogens with zero attached hydrogens (tertiary/aromatic N) is 1. The summed E-state index contributed by atoms with van der Waals surface area (Å²) in [5, 5.41) is 10.3. The van der Waals surface area contributed by atoms with E-state index in [9.17, 15) is 14.7 Å². The van der Waals surface area contributed by atoms with Gasteiger partial charge in [0, 0.05) is 12.2 Å². The molecule has 2 heterocycles. The number of hydrogen-bond acceptors (Lipinski definition) is 3. The molecule has 1 aliphatic rings. The van der Waals surface area contributed by atoms with Gasteiger partial charge in [-0.1, -0.05) is 54.6 Å². The van der Waals surface area contributed by atoms with Gasteiger partial charge in [0.15, 0.2) is 0 Å². The van der Waals surface area contributed by atoms with Crippen LogP contribution in [0.3, 0.4) is 0 Å². The van der Waals surface area contributed by atoms with Gasteiger partial charge in [0.05, 0.1) is 12.6 Å². The number of H-pyrrole nitrogens is 1. The fourth-order valence-corrected chi connectivity index (χ4v) is 3.33. The second-order valence-electron chi connectivity index (χ2n) is 6.38. The van der Waals surface area contributed by atoms with Crippen molar-refractivity contribution in [3.8, 4) is 11.3 Å². The van der Waals surface area contributed by atoms with Crippen molar-refractivity contribution in [2.45, 2.75) is 12.6 Å². The molecule has 2 N–H and O–H groups in total. The molecular weight excluding hydrogens is 328 g/mol. The number of carbonyl (C=O) groups is 1. The molecule has 1 aromatic heterocycles. The Morgan fingerprint density at radius 1 is 1.00 bits per heavy atom. The number of carbonyl (C=O) groups excluding carboxylic acids is 1. The average Bonchev–Trinajstić information content (AvgIpc) is 2.68. The minimum atomic E-state index is -0.744. The summed E-state index contributed by atoms with van der Waals surface area (Å²) in [6, 6.07) is 20.2. The van der Waals surface area contributed by atoms with Crippen molar-refractivity contribution < 1.29 is 9.90 Å². The summed E-state index contributed by atoms with van der Waals surface area (Å²) >= 11 is 0. The predicted molar refractivity (Wildman–Crippen MR) is 98.6 cm³/mol. The van der Waals surface area contributed by atoms with E-state index in [2.05, 4.69) is 4.98 Å². The molecule has 5 nitrogen and oxygen atoms in total. The van der Waals surface area contributed by atoms with Gasteiger partial charge < -0.3 is 15.0 Å². The molecule has 3 aromatic rings. The number of hydrogen-bond donors (Lipinski definition) is 2. The summed E-state index contributed by atoms with van der Waals surface area (Å²) in [7, 11) is 0. The summed E-state index contributed by atoms with van der Waals surface area (Å²) in [4.78, 5) is 29.6. The van der Waals surface area contributed by atoms with E-state index in [0.29, 0.717) is 12.2 Å². The van der Waals surface area contributed by atoms with Crippen LogP contribution in [0.5, 0.6) is 0 Å². The maximum atomic E-state index is 12.8. The highest BCUT2D eigenvalue weighted by Gasteiger charge is 2.28. The van der Waals surface area contributed by atoms with Crippen LogP contribution in [0.4, 0.5) is 0 Å². The Labute approximate surface area is 150 Å². The molecule has 2 aromatic carbocycles. The first-order valence-electron chi connectivity index (χ1n) is 8.47. The van der Waals surface area contributed by atoms with Gasteiger partial charge in [0.1, 0.15) is 5.56 Å². The summed E-state index contributed by atoms with van der Waals surface area (Å²) in [5.41, 5.74) is 2.94. The van der Waals surface area contributed by atoms with Crippen LogP contribution in [-0.2, 0) is 6.54 Å². The number of aromatic nitrogens is 1. The molecule has 1 atom stereocenters. The number of pyridine rings is 1. The third-order valence-corrected chi connectivity index (χ3v) is 4.68. The number of rotatable bonds is 2. The van der Waals surface area contributed by atoms with E-state index in [1.165, 1.54) is 4.90 Å². The highest BCUT2D eigenvalue weighted by molar-refractivity contribution is 5.94. The molecular formula is C21H18N2O3. The fraction of sp³-hybridized carbons (Fsp3) is 0.143. The fourth-order valence-electron chi connectivity index (χ4n) is 3.33. The molecule has 130 valence electrons. The quantitative estimate of drug-likeness (QED) is 0.749. The van der Waals surface area contributed by atoms with Crippen LogP contribution in [0.25, 0.3) is 11.3 Å². The highest BCUT2D eigenvalue weighted by Crippen LogP contribution is 2.27. The molecule has 0 fully saturated rings. The molecule has 0 spiro atoms. The van der Waals surface area contributed by atoms with Gasteiger partial charge in [-0.3, -0.25) is 9.59 Å². The lowest BCUT2D eigenvalue weighted by molar-refractivity contribution is 0.0548. The van der Waals surface area contributed by atoms with Crippen molar-refractivity contribution in [3.05, 3.63) is 93.8 Å². The monoisotopic (exact) mass is 346 g/mol. The molecule has 1 amide bonds. The third kappa shape index (κ3) is 2.93. The second kappa shape index (κ2) is 6.61. The first-order chi connectivity index (χ1) is 12.6. The number of aliphatic hydroxyl groups is 1. The molecule has 0 saturated heterocycles. The predicted octanol–water partition coefficient (Wildman–Crippen LogP) is 2.73. The van der Waals surface area contributed by atoms with Gasteiger partial charge in [-0.25, -0.2) is 0 Å². The number of aliphatic hydroxyl groups excluding tert-OH is 1. The first-order valence-corrected chi connectivity index (χ1v) is 8.47. The Hall–Kier alpha value is -3.18. The lowest BCUT2D eigenvalue weighted by atomic mass is 9.97. The maximum Gasteiger partial charge on any atom is 0.261 e. The van der Waals surface area contributed by atoms with Crippen molar-refractivity contribution in [2.24, 2.45) is 0 Å². The minimum Gasteiger partial charge on any atom is -0.387 e. The van der Waals surface area contributed by atoms with E-state index in [4.69, 9.17) is 0 Å². The molecule has 0 aliphatic carbocycles. The van der Waals surface area contributed by atoms with Gasteiger partial charge in [0.25, 0.3) is 11.5 Å². The Kier molecular flexibility index (Phi) is 4.14. The van der Waals surface area contributed by atoms with E-state index in [1.807, 2.05) is 54.6 Å². The Morgan fingerprint density at radius 2 is 1.73 bits per heavy atom. The number of amides is 1. The maximum absolute atomic E-state index is 12.8. The van der Waals surface area contributed by atoms with Gasteiger partial charge in [-0.05, 0) is 28.8 Å². The molecule has 0 unspecified atom stereocenters. The van der Waals surface area contributed by atoms with Gasteiger partial charge in [-0.15, -0.1) is 0 Å². The highest BCUT2D eigenvalue weighted by atomic mass is 16.3.